The minimum atomic E-state index is -0.485. The number of rotatable bonds is 4. The van der Waals surface area contributed by atoms with Crippen molar-refractivity contribution in [2.45, 2.75) is 27.3 Å². The predicted molar refractivity (Wildman–Crippen MR) is 82.6 cm³/mol. The van der Waals surface area contributed by atoms with Gasteiger partial charge in [0.2, 0.25) is 6.54 Å². The van der Waals surface area contributed by atoms with E-state index in [1.54, 1.807) is 30.0 Å². The largest absolute Gasteiger partial charge is 0.315 e. The summed E-state index contributed by atoms with van der Waals surface area (Å²) in [6.45, 7) is 5.72. The molecule has 0 aliphatic rings. The van der Waals surface area contributed by atoms with E-state index < -0.39 is 4.92 Å². The second-order valence-corrected chi connectivity index (χ2v) is 5.31. The molecular weight excluding hydrogens is 282 g/mol. The molecule has 1 N–H and O–H groups in total. The molecule has 1 heterocycles. The van der Waals surface area contributed by atoms with E-state index in [0.717, 1.165) is 16.7 Å². The van der Waals surface area contributed by atoms with E-state index in [1.165, 1.54) is 6.07 Å². The van der Waals surface area contributed by atoms with Crippen LogP contribution in [0.15, 0.2) is 36.7 Å². The van der Waals surface area contributed by atoms with Crippen molar-refractivity contribution in [3.8, 4) is 0 Å². The fourth-order valence-electron chi connectivity index (χ4n) is 2.04. The molecule has 0 radical (unpaired) electrons. The van der Waals surface area contributed by atoms with Crippen LogP contribution >= 0.6 is 0 Å². The lowest BCUT2D eigenvalue weighted by atomic mass is 10.1. The topological polar surface area (TPSA) is 76.1 Å². The summed E-state index contributed by atoms with van der Waals surface area (Å²) in [5, 5.41) is 13.7. The molecule has 0 saturated heterocycles. The lowest BCUT2D eigenvalue weighted by molar-refractivity contribution is -0.684. The number of pyridine rings is 1. The first-order valence-electron chi connectivity index (χ1n) is 6.88. The van der Waals surface area contributed by atoms with Gasteiger partial charge in [-0.25, -0.2) is 0 Å². The summed E-state index contributed by atoms with van der Waals surface area (Å²) in [4.78, 5) is 22.7. The fourth-order valence-corrected chi connectivity index (χ4v) is 2.04. The maximum Gasteiger partial charge on any atom is 0.293 e. The van der Waals surface area contributed by atoms with E-state index in [-0.39, 0.29) is 23.8 Å². The minimum absolute atomic E-state index is 0.0923. The third-order valence-corrected chi connectivity index (χ3v) is 3.47. The molecule has 22 heavy (non-hydrogen) atoms. The van der Waals surface area contributed by atoms with Gasteiger partial charge in [0, 0.05) is 18.2 Å². The zero-order chi connectivity index (χ0) is 16.3. The smallest absolute Gasteiger partial charge is 0.293 e. The van der Waals surface area contributed by atoms with E-state index in [2.05, 4.69) is 5.32 Å². The molecule has 0 saturated carbocycles. The number of carbonyl (C=O) groups excluding carboxylic acids is 1. The first-order valence-corrected chi connectivity index (χ1v) is 6.88. The minimum Gasteiger partial charge on any atom is -0.315 e. The molecule has 0 fully saturated rings. The van der Waals surface area contributed by atoms with Crippen LogP contribution < -0.4 is 9.88 Å². The molecule has 0 unspecified atom stereocenters. The van der Waals surface area contributed by atoms with E-state index in [4.69, 9.17) is 0 Å². The van der Waals surface area contributed by atoms with Gasteiger partial charge in [-0.15, -0.1) is 0 Å². The number of hydrogen-bond donors (Lipinski definition) is 1. The number of aromatic nitrogens is 1. The van der Waals surface area contributed by atoms with Gasteiger partial charge >= 0.3 is 0 Å². The van der Waals surface area contributed by atoms with Crippen LogP contribution in [-0.4, -0.2) is 10.8 Å². The Morgan fingerprint density at radius 3 is 2.36 bits per heavy atom. The summed E-state index contributed by atoms with van der Waals surface area (Å²) in [6.07, 6.45) is 3.59. The number of hydrogen-bond acceptors (Lipinski definition) is 3. The van der Waals surface area contributed by atoms with Crippen molar-refractivity contribution >= 4 is 17.3 Å². The average Bonchev–Trinajstić information content (AvgIpc) is 2.44. The lowest BCUT2D eigenvalue weighted by Gasteiger charge is -2.07. The van der Waals surface area contributed by atoms with Gasteiger partial charge < -0.3 is 5.32 Å². The van der Waals surface area contributed by atoms with Gasteiger partial charge in [-0.1, -0.05) is 0 Å². The van der Waals surface area contributed by atoms with Crippen molar-refractivity contribution in [2.75, 3.05) is 5.32 Å². The van der Waals surface area contributed by atoms with Crippen LogP contribution in [0, 0.1) is 30.9 Å². The quantitative estimate of drug-likeness (QED) is 0.535. The van der Waals surface area contributed by atoms with Crippen molar-refractivity contribution in [3.63, 3.8) is 0 Å². The third-order valence-electron chi connectivity index (χ3n) is 3.47. The van der Waals surface area contributed by atoms with Crippen molar-refractivity contribution in [3.05, 3.63) is 63.5 Å². The summed E-state index contributed by atoms with van der Waals surface area (Å²) < 4.78 is 1.72. The Labute approximate surface area is 128 Å². The van der Waals surface area contributed by atoms with E-state index >= 15 is 0 Å². The first kappa shape index (κ1) is 15.6. The molecule has 0 spiro atoms. The van der Waals surface area contributed by atoms with Crippen molar-refractivity contribution in [1.82, 2.24) is 0 Å². The van der Waals surface area contributed by atoms with Crippen LogP contribution in [0.4, 0.5) is 11.4 Å². The molecule has 0 bridgehead atoms. The van der Waals surface area contributed by atoms with Gasteiger partial charge in [-0.3, -0.25) is 14.9 Å². The first-order chi connectivity index (χ1) is 10.4. The number of anilines is 1. The number of benzene rings is 1. The zero-order valence-corrected chi connectivity index (χ0v) is 12.8. The monoisotopic (exact) mass is 300 g/mol. The van der Waals surface area contributed by atoms with Crippen LogP contribution in [0.1, 0.15) is 16.7 Å². The molecule has 2 rings (SSSR count). The van der Waals surface area contributed by atoms with Gasteiger partial charge in [0.25, 0.3) is 11.6 Å². The van der Waals surface area contributed by atoms with Crippen LogP contribution in [0.5, 0.6) is 0 Å². The molecule has 0 aliphatic carbocycles. The number of nitro groups is 1. The van der Waals surface area contributed by atoms with Gasteiger partial charge in [-0.05, 0) is 43.5 Å². The van der Waals surface area contributed by atoms with Crippen LogP contribution in [0.25, 0.3) is 0 Å². The Kier molecular flexibility index (Phi) is 4.50. The molecule has 0 atom stereocenters. The molecule has 6 heteroatoms. The van der Waals surface area contributed by atoms with Gasteiger partial charge in [0.05, 0.1) is 4.92 Å². The fraction of sp³-hybridized carbons (Fsp3) is 0.250. The summed E-state index contributed by atoms with van der Waals surface area (Å²) in [6, 6.07) is 6.90. The number of nitrogens with one attached hydrogen (secondary N) is 1. The summed E-state index contributed by atoms with van der Waals surface area (Å²) in [7, 11) is 0. The maximum atomic E-state index is 12.1. The third kappa shape index (κ3) is 3.66. The van der Waals surface area contributed by atoms with Gasteiger partial charge in [0.15, 0.2) is 12.4 Å². The predicted octanol–water partition coefficient (Wildman–Crippen LogP) is 2.45. The highest BCUT2D eigenvalue weighted by molar-refractivity contribution is 5.92. The molecular formula is C16H18N3O3+. The van der Waals surface area contributed by atoms with E-state index in [1.807, 2.05) is 26.0 Å². The highest BCUT2D eigenvalue weighted by Gasteiger charge is 2.19. The Morgan fingerprint density at radius 2 is 1.77 bits per heavy atom. The molecule has 6 nitrogen and oxygen atoms in total. The Bertz CT molecular complexity index is 724. The maximum absolute atomic E-state index is 12.1. The molecule has 0 aliphatic heterocycles. The Hall–Kier alpha value is -2.76. The van der Waals surface area contributed by atoms with Gasteiger partial charge in [-0.2, -0.15) is 4.57 Å². The average molecular weight is 300 g/mol. The molecule has 114 valence electrons. The molecule has 1 amide bonds. The molecule has 1 aromatic carbocycles. The Morgan fingerprint density at radius 1 is 1.18 bits per heavy atom. The van der Waals surface area contributed by atoms with Crippen molar-refractivity contribution < 1.29 is 14.3 Å². The number of carbonyl (C=O) groups is 1. The normalized spacial score (nSPS) is 10.3. The second kappa shape index (κ2) is 6.34. The highest BCUT2D eigenvalue weighted by Crippen LogP contribution is 2.27. The summed E-state index contributed by atoms with van der Waals surface area (Å²) in [5.41, 5.74) is 2.94. The number of aryl methyl sites for hydroxylation is 3. The summed E-state index contributed by atoms with van der Waals surface area (Å²) >= 11 is 0. The van der Waals surface area contributed by atoms with Gasteiger partial charge in [0.1, 0.15) is 5.69 Å². The van der Waals surface area contributed by atoms with Crippen molar-refractivity contribution in [2.24, 2.45) is 0 Å². The summed E-state index contributed by atoms with van der Waals surface area (Å²) in [5.74, 6) is -0.305. The molecule has 2 aromatic rings. The standard InChI is InChI=1S/C16H17N3O3/c1-11-4-6-18(7-5-11)10-16(20)17-14-8-12(2)13(3)9-15(14)19(21)22/h4-9H,10H2,1-3H3/p+1. The second-order valence-electron chi connectivity index (χ2n) is 5.31. The van der Waals surface area contributed by atoms with E-state index in [0.29, 0.717) is 0 Å². The number of amides is 1. The lowest BCUT2D eigenvalue weighted by Crippen LogP contribution is -2.39. The zero-order valence-electron chi connectivity index (χ0n) is 12.8. The Balaban J connectivity index is 2.19. The number of nitro benzene ring substituents is 1. The van der Waals surface area contributed by atoms with Crippen LogP contribution in [0.2, 0.25) is 0 Å². The van der Waals surface area contributed by atoms with Crippen molar-refractivity contribution in [1.29, 1.82) is 0 Å². The SMILES string of the molecule is Cc1cc[n+](CC(=O)Nc2cc(C)c(C)cc2[N+](=O)[O-])cc1. The van der Waals surface area contributed by atoms with E-state index in [9.17, 15) is 14.9 Å². The number of nitrogens with zero attached hydrogens (tertiary/aromatic N) is 2. The van der Waals surface area contributed by atoms with Crippen LogP contribution in [-0.2, 0) is 11.3 Å². The van der Waals surface area contributed by atoms with Crippen LogP contribution in [0.3, 0.4) is 0 Å². The highest BCUT2D eigenvalue weighted by atomic mass is 16.6. The molecule has 1 aromatic heterocycles.